The van der Waals surface area contributed by atoms with Gasteiger partial charge in [0.25, 0.3) is 5.56 Å². The molecule has 5 heteroatoms. The van der Waals surface area contributed by atoms with Gasteiger partial charge in [-0.1, -0.05) is 25.1 Å². The van der Waals surface area contributed by atoms with Gasteiger partial charge in [-0.3, -0.25) is 9.59 Å². The van der Waals surface area contributed by atoms with Crippen LogP contribution >= 0.6 is 0 Å². The fourth-order valence-corrected chi connectivity index (χ4v) is 3.08. The molecule has 2 atom stereocenters. The van der Waals surface area contributed by atoms with Crippen molar-refractivity contribution in [3.8, 4) is 0 Å². The molecule has 3 rings (SSSR count). The van der Waals surface area contributed by atoms with E-state index < -0.39 is 0 Å². The Labute approximate surface area is 129 Å². The Morgan fingerprint density at radius 1 is 1.32 bits per heavy atom. The van der Waals surface area contributed by atoms with Crippen molar-refractivity contribution in [1.82, 2.24) is 9.88 Å². The quantitative estimate of drug-likeness (QED) is 0.907. The molecule has 5 nitrogen and oxygen atoms in total. The molecule has 0 aliphatic carbocycles. The number of anilines is 1. The minimum Gasteiger partial charge on any atom is -0.384 e. The molecule has 0 spiro atoms. The largest absolute Gasteiger partial charge is 0.384 e. The highest BCUT2D eigenvalue weighted by Crippen LogP contribution is 2.24. The Kier molecular flexibility index (Phi) is 3.88. The third-order valence-electron chi connectivity index (χ3n) is 4.59. The van der Waals surface area contributed by atoms with Gasteiger partial charge >= 0.3 is 0 Å². The van der Waals surface area contributed by atoms with Crippen molar-refractivity contribution >= 4 is 22.5 Å². The molecule has 1 aliphatic heterocycles. The SMILES string of the molecule is CC1CCNC(=O)C1CNc1cc(=O)n(C)c2ccccc12. The summed E-state index contributed by atoms with van der Waals surface area (Å²) in [6, 6.07) is 9.39. The fraction of sp³-hybridized carbons (Fsp3) is 0.412. The Balaban J connectivity index is 1.90. The van der Waals surface area contributed by atoms with Crippen LogP contribution in [0.5, 0.6) is 0 Å². The molecular weight excluding hydrogens is 278 g/mol. The summed E-state index contributed by atoms with van der Waals surface area (Å²) in [5.41, 5.74) is 1.63. The third kappa shape index (κ3) is 2.58. The summed E-state index contributed by atoms with van der Waals surface area (Å²) in [5.74, 6) is 0.384. The first-order valence-corrected chi connectivity index (χ1v) is 7.68. The number of piperidine rings is 1. The van der Waals surface area contributed by atoms with Crippen LogP contribution in [0.4, 0.5) is 5.69 Å². The van der Waals surface area contributed by atoms with E-state index >= 15 is 0 Å². The minimum atomic E-state index is -0.0587. The van der Waals surface area contributed by atoms with Gasteiger partial charge in [-0.25, -0.2) is 0 Å². The number of nitrogens with zero attached hydrogens (tertiary/aromatic N) is 1. The molecule has 2 unspecified atom stereocenters. The summed E-state index contributed by atoms with van der Waals surface area (Å²) in [5, 5.41) is 7.22. The lowest BCUT2D eigenvalue weighted by atomic mass is 9.87. The van der Waals surface area contributed by atoms with Gasteiger partial charge in [-0.15, -0.1) is 0 Å². The second kappa shape index (κ2) is 5.83. The maximum absolute atomic E-state index is 12.1. The van der Waals surface area contributed by atoms with Crippen LogP contribution in [0, 0.1) is 11.8 Å². The molecule has 1 saturated heterocycles. The second-order valence-electron chi connectivity index (χ2n) is 6.02. The van der Waals surface area contributed by atoms with Crippen molar-refractivity contribution in [2.24, 2.45) is 18.9 Å². The van der Waals surface area contributed by atoms with Gasteiger partial charge in [0.2, 0.25) is 5.91 Å². The molecule has 0 saturated carbocycles. The molecule has 0 radical (unpaired) electrons. The zero-order valence-electron chi connectivity index (χ0n) is 12.9. The predicted octanol–water partition coefficient (Wildman–Crippen LogP) is 1.72. The lowest BCUT2D eigenvalue weighted by Crippen LogP contribution is -2.44. The number of amides is 1. The highest BCUT2D eigenvalue weighted by molar-refractivity contribution is 5.91. The van der Waals surface area contributed by atoms with Gasteiger partial charge < -0.3 is 15.2 Å². The zero-order valence-corrected chi connectivity index (χ0v) is 12.9. The second-order valence-corrected chi connectivity index (χ2v) is 6.02. The highest BCUT2D eigenvalue weighted by atomic mass is 16.2. The molecule has 1 fully saturated rings. The number of pyridine rings is 1. The number of fused-ring (bicyclic) bond motifs is 1. The number of carbonyl (C=O) groups is 1. The first-order chi connectivity index (χ1) is 10.6. The van der Waals surface area contributed by atoms with Crippen LogP contribution in [0.25, 0.3) is 10.9 Å². The van der Waals surface area contributed by atoms with E-state index in [1.54, 1.807) is 17.7 Å². The van der Waals surface area contributed by atoms with E-state index in [4.69, 9.17) is 0 Å². The standard InChI is InChI=1S/C17H21N3O2/c1-11-7-8-18-17(22)13(11)10-19-14-9-16(21)20(2)15-6-4-3-5-12(14)15/h3-6,9,11,13,19H,7-8,10H2,1-2H3,(H,18,22). The summed E-state index contributed by atoms with van der Waals surface area (Å²) in [4.78, 5) is 24.1. The number of benzene rings is 1. The van der Waals surface area contributed by atoms with Gasteiger partial charge in [0.15, 0.2) is 0 Å². The van der Waals surface area contributed by atoms with Crippen LogP contribution in [0.1, 0.15) is 13.3 Å². The van der Waals surface area contributed by atoms with Crippen molar-refractivity contribution in [2.75, 3.05) is 18.4 Å². The van der Waals surface area contributed by atoms with E-state index in [1.807, 2.05) is 24.3 Å². The van der Waals surface area contributed by atoms with Crippen molar-refractivity contribution in [3.63, 3.8) is 0 Å². The van der Waals surface area contributed by atoms with Gasteiger partial charge in [-0.2, -0.15) is 0 Å². The number of para-hydroxylation sites is 1. The smallest absolute Gasteiger partial charge is 0.252 e. The molecule has 1 aliphatic rings. The number of nitrogens with one attached hydrogen (secondary N) is 2. The zero-order chi connectivity index (χ0) is 15.7. The van der Waals surface area contributed by atoms with Crippen molar-refractivity contribution in [2.45, 2.75) is 13.3 Å². The van der Waals surface area contributed by atoms with E-state index in [-0.39, 0.29) is 17.4 Å². The van der Waals surface area contributed by atoms with E-state index in [9.17, 15) is 9.59 Å². The van der Waals surface area contributed by atoms with Crippen LogP contribution in [0.15, 0.2) is 35.1 Å². The Morgan fingerprint density at radius 2 is 2.09 bits per heavy atom. The summed E-state index contributed by atoms with van der Waals surface area (Å²) in [6.45, 7) is 3.41. The van der Waals surface area contributed by atoms with Gasteiger partial charge in [0.05, 0.1) is 11.4 Å². The van der Waals surface area contributed by atoms with Gasteiger partial charge in [0, 0.05) is 37.3 Å². The first-order valence-electron chi connectivity index (χ1n) is 7.68. The van der Waals surface area contributed by atoms with Crippen molar-refractivity contribution in [3.05, 3.63) is 40.7 Å². The predicted molar refractivity (Wildman–Crippen MR) is 88.0 cm³/mol. The number of aromatic nitrogens is 1. The van der Waals surface area contributed by atoms with Crippen molar-refractivity contribution in [1.29, 1.82) is 0 Å². The average Bonchev–Trinajstić information content (AvgIpc) is 2.51. The Bertz CT molecular complexity index is 766. The minimum absolute atomic E-state index is 0.0534. The fourth-order valence-electron chi connectivity index (χ4n) is 3.08. The molecule has 1 aromatic carbocycles. The monoisotopic (exact) mass is 299 g/mol. The lowest BCUT2D eigenvalue weighted by molar-refractivity contribution is -0.127. The maximum Gasteiger partial charge on any atom is 0.252 e. The topological polar surface area (TPSA) is 63.1 Å². The number of hydrogen-bond acceptors (Lipinski definition) is 3. The lowest BCUT2D eigenvalue weighted by Gasteiger charge is -2.29. The number of aryl methyl sites for hydroxylation is 1. The molecule has 1 amide bonds. The molecule has 2 N–H and O–H groups in total. The average molecular weight is 299 g/mol. The Hall–Kier alpha value is -2.30. The van der Waals surface area contributed by atoms with Crippen LogP contribution in [0.2, 0.25) is 0 Å². The molecule has 0 bridgehead atoms. The van der Waals surface area contributed by atoms with Crippen LogP contribution in [0.3, 0.4) is 0 Å². The normalized spacial score (nSPS) is 21.6. The highest BCUT2D eigenvalue weighted by Gasteiger charge is 2.28. The van der Waals surface area contributed by atoms with Crippen LogP contribution in [-0.4, -0.2) is 23.6 Å². The van der Waals surface area contributed by atoms with Gasteiger partial charge in [0.1, 0.15) is 0 Å². The van der Waals surface area contributed by atoms with Crippen LogP contribution < -0.4 is 16.2 Å². The summed E-state index contributed by atoms with van der Waals surface area (Å²) >= 11 is 0. The number of hydrogen-bond donors (Lipinski definition) is 2. The van der Waals surface area contributed by atoms with Gasteiger partial charge in [-0.05, 0) is 18.4 Å². The number of carbonyl (C=O) groups excluding carboxylic acids is 1. The molecule has 22 heavy (non-hydrogen) atoms. The maximum atomic E-state index is 12.1. The molecular formula is C17H21N3O2. The first kappa shape index (κ1) is 14.6. The summed E-state index contributed by atoms with van der Waals surface area (Å²) < 4.78 is 1.64. The molecule has 2 heterocycles. The summed E-state index contributed by atoms with van der Waals surface area (Å²) in [7, 11) is 1.77. The van der Waals surface area contributed by atoms with Crippen LogP contribution in [-0.2, 0) is 11.8 Å². The number of rotatable bonds is 3. The van der Waals surface area contributed by atoms with E-state index in [0.717, 1.165) is 29.6 Å². The molecule has 116 valence electrons. The third-order valence-corrected chi connectivity index (χ3v) is 4.59. The van der Waals surface area contributed by atoms with Crippen molar-refractivity contribution < 1.29 is 4.79 Å². The Morgan fingerprint density at radius 3 is 2.86 bits per heavy atom. The van der Waals surface area contributed by atoms with E-state index in [0.29, 0.717) is 12.5 Å². The molecule has 1 aromatic heterocycles. The summed E-state index contributed by atoms with van der Waals surface area (Å²) in [6.07, 6.45) is 0.995. The van der Waals surface area contributed by atoms with E-state index in [2.05, 4.69) is 17.6 Å². The van der Waals surface area contributed by atoms with E-state index in [1.165, 1.54) is 0 Å². The molecule has 2 aromatic rings.